The van der Waals surface area contributed by atoms with Crippen molar-refractivity contribution in [3.05, 3.63) is 42.0 Å². The summed E-state index contributed by atoms with van der Waals surface area (Å²) in [6.07, 6.45) is 4.36. The highest BCUT2D eigenvalue weighted by Gasteiger charge is 2.09. The smallest absolute Gasteiger partial charge is 0.152 e. The lowest BCUT2D eigenvalue weighted by Crippen LogP contribution is -2.07. The highest BCUT2D eigenvalue weighted by molar-refractivity contribution is 5.95. The molecule has 0 bridgehead atoms. The highest BCUT2D eigenvalue weighted by Crippen LogP contribution is 2.27. The van der Waals surface area contributed by atoms with Crippen LogP contribution in [0.2, 0.25) is 0 Å². The van der Waals surface area contributed by atoms with Crippen LogP contribution in [-0.2, 0) is 6.42 Å². The molecule has 0 aliphatic heterocycles. The van der Waals surface area contributed by atoms with Gasteiger partial charge in [-0.05, 0) is 19.0 Å². The number of aromatic nitrogens is 4. The minimum absolute atomic E-state index is 0.535. The zero-order valence-corrected chi connectivity index (χ0v) is 10.7. The number of nitrogens with two attached hydrogens (primary N) is 1. The second kappa shape index (κ2) is 4.78. The first-order valence-corrected chi connectivity index (χ1v) is 6.25. The molecular weight excluding hydrogens is 238 g/mol. The van der Waals surface area contributed by atoms with Gasteiger partial charge in [-0.3, -0.25) is 0 Å². The largest absolute Gasteiger partial charge is 0.360 e. The summed E-state index contributed by atoms with van der Waals surface area (Å²) in [5.41, 5.74) is 9.62. The van der Waals surface area contributed by atoms with E-state index in [0.717, 1.165) is 22.2 Å². The van der Waals surface area contributed by atoms with Crippen LogP contribution >= 0.6 is 0 Å². The van der Waals surface area contributed by atoms with Crippen LogP contribution < -0.4 is 5.73 Å². The normalized spacial score (nSPS) is 11.1. The van der Waals surface area contributed by atoms with Crippen molar-refractivity contribution in [2.75, 3.05) is 6.54 Å². The molecular formula is C14H15N5. The Hall–Kier alpha value is -2.27. The quantitative estimate of drug-likeness (QED) is 0.746. The topological polar surface area (TPSA) is 80.5 Å². The number of hydrogen-bond acceptors (Lipinski definition) is 4. The molecule has 0 saturated heterocycles. The van der Waals surface area contributed by atoms with E-state index < -0.39 is 0 Å². The Morgan fingerprint density at radius 1 is 1.26 bits per heavy atom. The van der Waals surface area contributed by atoms with Crippen LogP contribution in [0.15, 0.2) is 30.6 Å². The fourth-order valence-corrected chi connectivity index (χ4v) is 2.18. The number of nitrogens with one attached hydrogen (secondary N) is 1. The fourth-order valence-electron chi connectivity index (χ4n) is 2.18. The summed E-state index contributed by atoms with van der Waals surface area (Å²) in [7, 11) is 0. The van der Waals surface area contributed by atoms with E-state index in [9.17, 15) is 0 Å². The standard InChI is InChI=1S/C14H15N5/c1-9-3-2-4-10-11(7-17-14(9)10)12-8-16-13(5-6-15)19-18-12/h2-4,7-8,17H,5-6,15H2,1H3. The van der Waals surface area contributed by atoms with Crippen molar-refractivity contribution >= 4 is 10.9 Å². The summed E-state index contributed by atoms with van der Waals surface area (Å²) in [6.45, 7) is 2.62. The predicted molar refractivity (Wildman–Crippen MR) is 74.6 cm³/mol. The minimum atomic E-state index is 0.535. The van der Waals surface area contributed by atoms with Crippen molar-refractivity contribution in [1.82, 2.24) is 20.2 Å². The Labute approximate surface area is 110 Å². The molecule has 0 amide bonds. The van der Waals surface area contributed by atoms with Crippen LogP contribution in [0.1, 0.15) is 11.4 Å². The third-order valence-electron chi connectivity index (χ3n) is 3.18. The molecule has 96 valence electrons. The molecule has 0 fully saturated rings. The Balaban J connectivity index is 2.06. The average Bonchev–Trinajstić information content (AvgIpc) is 2.85. The Morgan fingerprint density at radius 2 is 2.16 bits per heavy atom. The van der Waals surface area contributed by atoms with Gasteiger partial charge in [-0.25, -0.2) is 4.98 Å². The van der Waals surface area contributed by atoms with Gasteiger partial charge >= 0.3 is 0 Å². The van der Waals surface area contributed by atoms with Crippen LogP contribution in [0.25, 0.3) is 22.2 Å². The Bertz CT molecular complexity index is 699. The molecule has 1 aromatic carbocycles. The molecule has 0 spiro atoms. The third kappa shape index (κ3) is 2.08. The van der Waals surface area contributed by atoms with E-state index in [1.807, 2.05) is 12.3 Å². The first-order chi connectivity index (χ1) is 9.29. The van der Waals surface area contributed by atoms with Crippen LogP contribution in [0.3, 0.4) is 0 Å². The van der Waals surface area contributed by atoms with Gasteiger partial charge in [0.05, 0.1) is 6.20 Å². The number of aromatic amines is 1. The molecule has 0 aliphatic rings. The zero-order chi connectivity index (χ0) is 13.2. The van der Waals surface area contributed by atoms with E-state index in [1.165, 1.54) is 5.56 Å². The summed E-state index contributed by atoms with van der Waals surface area (Å²) in [4.78, 5) is 7.57. The zero-order valence-electron chi connectivity index (χ0n) is 10.7. The average molecular weight is 253 g/mol. The second-order valence-electron chi connectivity index (χ2n) is 4.50. The first-order valence-electron chi connectivity index (χ1n) is 6.25. The number of fused-ring (bicyclic) bond motifs is 1. The number of H-pyrrole nitrogens is 1. The monoisotopic (exact) mass is 253 g/mol. The molecule has 2 heterocycles. The maximum Gasteiger partial charge on any atom is 0.152 e. The number of para-hydroxylation sites is 1. The van der Waals surface area contributed by atoms with E-state index >= 15 is 0 Å². The molecule has 2 aromatic heterocycles. The van der Waals surface area contributed by atoms with Gasteiger partial charge < -0.3 is 10.7 Å². The van der Waals surface area contributed by atoms with Gasteiger partial charge in [0.25, 0.3) is 0 Å². The Kier molecular flexibility index (Phi) is 2.97. The molecule has 0 unspecified atom stereocenters. The molecule has 5 heteroatoms. The van der Waals surface area contributed by atoms with Crippen LogP contribution in [0.4, 0.5) is 0 Å². The summed E-state index contributed by atoms with van der Waals surface area (Å²) in [6, 6.07) is 6.19. The molecule has 3 aromatic rings. The van der Waals surface area contributed by atoms with Crippen LogP contribution in [-0.4, -0.2) is 26.7 Å². The van der Waals surface area contributed by atoms with E-state index in [-0.39, 0.29) is 0 Å². The predicted octanol–water partition coefficient (Wildman–Crippen LogP) is 1.83. The number of hydrogen-bond donors (Lipinski definition) is 2. The van der Waals surface area contributed by atoms with Gasteiger partial charge in [0.1, 0.15) is 5.69 Å². The van der Waals surface area contributed by atoms with Gasteiger partial charge in [-0.15, -0.1) is 10.2 Å². The molecule has 0 aliphatic carbocycles. The van der Waals surface area contributed by atoms with Crippen molar-refractivity contribution in [2.24, 2.45) is 5.73 Å². The van der Waals surface area contributed by atoms with Gasteiger partial charge in [0.15, 0.2) is 5.82 Å². The molecule has 5 nitrogen and oxygen atoms in total. The van der Waals surface area contributed by atoms with Crippen molar-refractivity contribution in [3.8, 4) is 11.3 Å². The number of aryl methyl sites for hydroxylation is 1. The number of benzene rings is 1. The lowest BCUT2D eigenvalue weighted by atomic mass is 10.1. The van der Waals surface area contributed by atoms with Crippen LogP contribution in [0, 0.1) is 6.92 Å². The van der Waals surface area contributed by atoms with E-state index in [2.05, 4.69) is 39.2 Å². The molecule has 3 N–H and O–H groups in total. The van der Waals surface area contributed by atoms with E-state index in [4.69, 9.17) is 5.73 Å². The maximum atomic E-state index is 5.47. The van der Waals surface area contributed by atoms with Crippen LogP contribution in [0.5, 0.6) is 0 Å². The summed E-state index contributed by atoms with van der Waals surface area (Å²) in [5, 5.41) is 9.47. The number of rotatable bonds is 3. The summed E-state index contributed by atoms with van der Waals surface area (Å²) < 4.78 is 0. The summed E-state index contributed by atoms with van der Waals surface area (Å²) in [5.74, 6) is 0.683. The minimum Gasteiger partial charge on any atom is -0.360 e. The Morgan fingerprint density at radius 3 is 2.89 bits per heavy atom. The SMILES string of the molecule is Cc1cccc2c(-c3cnc(CCN)nn3)c[nH]c12. The van der Waals surface area contributed by atoms with Gasteiger partial charge in [0, 0.05) is 29.1 Å². The van der Waals surface area contributed by atoms with Crippen molar-refractivity contribution in [1.29, 1.82) is 0 Å². The van der Waals surface area contributed by atoms with E-state index in [0.29, 0.717) is 18.8 Å². The molecule has 3 rings (SSSR count). The van der Waals surface area contributed by atoms with Crippen molar-refractivity contribution < 1.29 is 0 Å². The third-order valence-corrected chi connectivity index (χ3v) is 3.18. The molecule has 0 atom stereocenters. The number of nitrogens with zero attached hydrogens (tertiary/aromatic N) is 3. The van der Waals surface area contributed by atoms with Gasteiger partial charge in [-0.2, -0.15) is 0 Å². The van der Waals surface area contributed by atoms with E-state index in [1.54, 1.807) is 6.20 Å². The highest BCUT2D eigenvalue weighted by atomic mass is 15.2. The lowest BCUT2D eigenvalue weighted by Gasteiger charge is -2.00. The molecule has 0 saturated carbocycles. The second-order valence-corrected chi connectivity index (χ2v) is 4.50. The first kappa shape index (κ1) is 11.8. The van der Waals surface area contributed by atoms with Gasteiger partial charge in [-0.1, -0.05) is 18.2 Å². The summed E-state index contributed by atoms with van der Waals surface area (Å²) >= 11 is 0. The van der Waals surface area contributed by atoms with Crippen molar-refractivity contribution in [2.45, 2.75) is 13.3 Å². The lowest BCUT2D eigenvalue weighted by molar-refractivity contribution is 0.813. The molecule has 0 radical (unpaired) electrons. The van der Waals surface area contributed by atoms with Crippen molar-refractivity contribution in [3.63, 3.8) is 0 Å². The maximum absolute atomic E-state index is 5.47. The fraction of sp³-hybridized carbons (Fsp3) is 0.214. The van der Waals surface area contributed by atoms with Gasteiger partial charge in [0.2, 0.25) is 0 Å². The molecule has 19 heavy (non-hydrogen) atoms.